The van der Waals surface area contributed by atoms with Gasteiger partial charge in [0.1, 0.15) is 0 Å². The first-order valence-corrected chi connectivity index (χ1v) is 24.8. The van der Waals surface area contributed by atoms with Crippen molar-refractivity contribution in [2.24, 2.45) is 0 Å². The Morgan fingerprint density at radius 2 is 1.18 bits per heavy atom. The minimum Gasteiger partial charge on any atom is -0.550 e. The molecule has 0 aliphatic carbocycles. The van der Waals surface area contributed by atoms with E-state index in [2.05, 4.69) is 44.6 Å². The molecule has 0 spiro atoms. The van der Waals surface area contributed by atoms with Crippen LogP contribution in [0.5, 0.6) is 0 Å². The molecule has 0 radical (unpaired) electrons. The number of carboxylic acids is 2. The summed E-state index contributed by atoms with van der Waals surface area (Å²) in [6.45, 7) is 19.4. The van der Waals surface area contributed by atoms with Crippen LogP contribution in [0.4, 0.5) is 0 Å². The van der Waals surface area contributed by atoms with E-state index in [9.17, 15) is 29.4 Å². The molecule has 1 atom stereocenters. The Morgan fingerprint density at radius 3 is 1.64 bits per heavy atom. The molecule has 0 aliphatic heterocycles. The molecular weight excluding hydrogens is 627 g/mol. The van der Waals surface area contributed by atoms with Crippen molar-refractivity contribution in [2.75, 3.05) is 19.6 Å². The van der Waals surface area contributed by atoms with Crippen molar-refractivity contribution < 1.29 is 145 Å². The summed E-state index contributed by atoms with van der Waals surface area (Å²) >= 11 is 0. The van der Waals surface area contributed by atoms with Crippen molar-refractivity contribution in [3.63, 3.8) is 0 Å². The molecule has 2 amide bonds. The van der Waals surface area contributed by atoms with Gasteiger partial charge >= 0.3 is 120 Å². The predicted molar refractivity (Wildman–Crippen MR) is 147 cm³/mol. The summed E-state index contributed by atoms with van der Waals surface area (Å²) in [6, 6.07) is 0.616. The van der Waals surface area contributed by atoms with Crippen molar-refractivity contribution >= 4 is 57.5 Å². The van der Waals surface area contributed by atoms with Crippen LogP contribution in [0.25, 0.3) is 0 Å². The van der Waals surface area contributed by atoms with E-state index in [0.717, 1.165) is 0 Å². The van der Waals surface area contributed by atoms with E-state index in [4.69, 9.17) is 12.3 Å². The first-order chi connectivity index (χ1) is 16.6. The smallest absolute Gasteiger partial charge is 0.550 e. The summed E-state index contributed by atoms with van der Waals surface area (Å²) in [4.78, 5) is 47.4. The fraction of sp³-hybridized carbons (Fsp3) is 0.818. The zero-order valence-corrected chi connectivity index (χ0v) is 36.2. The maximum absolute atomic E-state index is 12.7. The van der Waals surface area contributed by atoms with E-state index in [1.165, 1.54) is 4.90 Å². The summed E-state index contributed by atoms with van der Waals surface area (Å²) in [5.41, 5.74) is 0. The first kappa shape index (κ1) is 45.3. The second-order valence-corrected chi connectivity index (χ2v) is 28.1. The van der Waals surface area contributed by atoms with Crippen LogP contribution in [0.2, 0.25) is 65.0 Å². The molecule has 17 heteroatoms. The Hall–Kier alpha value is 1.90. The maximum atomic E-state index is 12.7. The Morgan fingerprint density at radius 1 is 0.692 bits per heavy atom. The standard InChI is InChI=1S/C22H48N2O9Si4.2K/c1-34(2,3)31-36(7,8)33-37(9,32-35(4,5)6)18-10-16-24(20(26)12-14-22(29)30)17-15-23-19(25)11-13-21(27)28;;/h10-18H2,1-9H3,(H,23,25)(H,27,28)(H,29,30);;/q;2*+1/p-2. The van der Waals surface area contributed by atoms with Gasteiger partial charge in [-0.2, -0.15) is 0 Å². The minimum absolute atomic E-state index is 0. The van der Waals surface area contributed by atoms with Gasteiger partial charge < -0.3 is 42.4 Å². The maximum Gasteiger partial charge on any atom is 1.00 e. The Balaban J connectivity index is -0.00000648. The molecule has 0 aromatic rings. The first-order valence-electron chi connectivity index (χ1n) is 12.7. The molecule has 0 saturated heterocycles. The molecule has 0 fully saturated rings. The number of amides is 2. The van der Waals surface area contributed by atoms with Crippen LogP contribution in [0.15, 0.2) is 0 Å². The van der Waals surface area contributed by atoms with Crippen molar-refractivity contribution in [2.45, 2.75) is 97.1 Å². The number of carboxylic acid groups (broad SMARTS) is 2. The summed E-state index contributed by atoms with van der Waals surface area (Å²) in [7, 11) is -8.94. The molecule has 0 aliphatic rings. The van der Waals surface area contributed by atoms with Crippen LogP contribution >= 0.6 is 0 Å². The number of nitrogens with one attached hydrogen (secondary N) is 1. The SMILES string of the molecule is C[Si](C)(C)O[Si](C)(C)O[Si](C)(CCCN(CCNC(=O)CCC(=O)[O-])C(=O)CCC(=O)[O-])O[Si](C)(C)C.[K+].[K+]. The summed E-state index contributed by atoms with van der Waals surface area (Å²) in [5, 5.41) is 24.0. The Labute approximate surface area is 323 Å². The molecular formula is C22H46K2N2O9Si4. The van der Waals surface area contributed by atoms with Crippen LogP contribution < -0.4 is 118 Å². The Kier molecular flexibility index (Phi) is 24.2. The van der Waals surface area contributed by atoms with Crippen LogP contribution in [-0.2, 0) is 31.5 Å². The molecule has 0 rings (SSSR count). The van der Waals surface area contributed by atoms with Crippen molar-refractivity contribution in [1.29, 1.82) is 0 Å². The fourth-order valence-corrected chi connectivity index (χ4v) is 21.9. The normalized spacial score (nSPS) is 13.4. The Bertz CT molecular complexity index is 796. The van der Waals surface area contributed by atoms with Gasteiger partial charge in [-0.3, -0.25) is 9.59 Å². The molecule has 1 N–H and O–H groups in total. The number of aliphatic carboxylic acids is 2. The molecule has 11 nitrogen and oxygen atoms in total. The number of rotatable bonds is 19. The van der Waals surface area contributed by atoms with E-state index in [-0.39, 0.29) is 141 Å². The van der Waals surface area contributed by atoms with Crippen LogP contribution in [0, 0.1) is 0 Å². The van der Waals surface area contributed by atoms with Gasteiger partial charge in [-0.15, -0.1) is 0 Å². The van der Waals surface area contributed by atoms with Gasteiger partial charge in [0, 0.05) is 44.4 Å². The topological polar surface area (TPSA) is 157 Å². The van der Waals surface area contributed by atoms with E-state index >= 15 is 0 Å². The predicted octanol–water partition coefficient (Wildman–Crippen LogP) is -5.12. The van der Waals surface area contributed by atoms with E-state index in [0.29, 0.717) is 19.0 Å². The van der Waals surface area contributed by atoms with Crippen LogP contribution in [0.1, 0.15) is 32.1 Å². The second kappa shape index (κ2) is 20.8. The van der Waals surface area contributed by atoms with Crippen molar-refractivity contribution in [3.05, 3.63) is 0 Å². The van der Waals surface area contributed by atoms with Gasteiger partial charge in [0.2, 0.25) is 11.8 Å². The zero-order valence-electron chi connectivity index (χ0n) is 26.0. The fourth-order valence-electron chi connectivity index (χ4n) is 4.00. The van der Waals surface area contributed by atoms with Gasteiger partial charge in [0.25, 0.3) is 0 Å². The quantitative estimate of drug-likeness (QED) is 0.133. The van der Waals surface area contributed by atoms with Crippen LogP contribution in [0.3, 0.4) is 0 Å². The number of hydrogen-bond donors (Lipinski definition) is 1. The van der Waals surface area contributed by atoms with E-state index in [1.807, 2.05) is 19.6 Å². The second-order valence-electron chi connectivity index (χ2n) is 11.6. The average molecular weight is 673 g/mol. The summed E-state index contributed by atoms with van der Waals surface area (Å²) in [6.07, 6.45) is -0.631. The monoisotopic (exact) mass is 672 g/mol. The summed E-state index contributed by atoms with van der Waals surface area (Å²) in [5.74, 6) is -3.45. The third-order valence-electron chi connectivity index (χ3n) is 4.75. The van der Waals surface area contributed by atoms with Crippen molar-refractivity contribution in [1.82, 2.24) is 10.2 Å². The molecule has 0 bridgehead atoms. The molecule has 0 aromatic heterocycles. The van der Waals surface area contributed by atoms with Gasteiger partial charge in [0.05, 0.1) is 0 Å². The van der Waals surface area contributed by atoms with Crippen LogP contribution in [-0.4, -0.2) is 82.0 Å². The molecule has 216 valence electrons. The average Bonchev–Trinajstić information content (AvgIpc) is 2.65. The molecule has 39 heavy (non-hydrogen) atoms. The minimum atomic E-state index is -2.68. The molecule has 0 saturated carbocycles. The molecule has 1 unspecified atom stereocenters. The van der Waals surface area contributed by atoms with Gasteiger partial charge in [-0.05, 0) is 84.2 Å². The van der Waals surface area contributed by atoms with E-state index in [1.54, 1.807) is 0 Å². The third-order valence-corrected chi connectivity index (χ3v) is 18.3. The zero-order chi connectivity index (χ0) is 29.1. The third kappa shape index (κ3) is 26.1. The molecule has 0 aromatic carbocycles. The number of carbonyl (C=O) groups excluding carboxylic acids is 4. The number of carbonyl (C=O) groups is 4. The van der Waals surface area contributed by atoms with E-state index < -0.39 is 58.0 Å². The largest absolute Gasteiger partial charge is 1.00 e. The summed E-state index contributed by atoms with van der Waals surface area (Å²) < 4.78 is 19.6. The van der Waals surface area contributed by atoms with Crippen molar-refractivity contribution in [3.8, 4) is 0 Å². The number of hydrogen-bond acceptors (Lipinski definition) is 9. The molecule has 0 heterocycles. The van der Waals surface area contributed by atoms with Gasteiger partial charge in [-0.25, -0.2) is 0 Å². The van der Waals surface area contributed by atoms with Gasteiger partial charge in [0.15, 0.2) is 16.6 Å². The van der Waals surface area contributed by atoms with Gasteiger partial charge in [-0.1, -0.05) is 0 Å². The number of nitrogens with zero attached hydrogens (tertiary/aromatic N) is 1.